The summed E-state index contributed by atoms with van der Waals surface area (Å²) in [5.41, 5.74) is 0. The van der Waals surface area contributed by atoms with E-state index in [0.717, 1.165) is 64.2 Å². The lowest BCUT2D eigenvalue weighted by atomic mass is 9.99. The molecule has 0 aromatic carbocycles. The van der Waals surface area contributed by atoms with Gasteiger partial charge in [-0.15, -0.1) is 0 Å². The van der Waals surface area contributed by atoms with Gasteiger partial charge in [0.25, 0.3) is 0 Å². The number of unbranched alkanes of at least 4 members (excludes halogenated alkanes) is 10. The molecule has 7 unspecified atom stereocenters. The summed E-state index contributed by atoms with van der Waals surface area (Å²) in [4.78, 5) is 12.6. The highest BCUT2D eigenvalue weighted by atomic mass is 16.7. The molecule has 1 aliphatic heterocycles. The van der Waals surface area contributed by atoms with Crippen molar-refractivity contribution < 1.29 is 39.8 Å². The molecule has 0 radical (unpaired) electrons. The van der Waals surface area contributed by atoms with Crippen LogP contribution < -0.4 is 5.32 Å². The Morgan fingerprint density at radius 1 is 0.786 bits per heavy atom. The molecule has 1 amide bonds. The van der Waals surface area contributed by atoms with Gasteiger partial charge in [-0.25, -0.2) is 0 Å². The molecule has 0 aliphatic carbocycles. The molecule has 0 spiro atoms. The van der Waals surface area contributed by atoms with Gasteiger partial charge in [-0.3, -0.25) is 4.79 Å². The van der Waals surface area contributed by atoms with Crippen molar-refractivity contribution in [2.75, 3.05) is 13.2 Å². The van der Waals surface area contributed by atoms with Gasteiger partial charge in [0.15, 0.2) is 6.29 Å². The number of carbonyl (C=O) groups excluding carboxylic acids is 1. The SMILES string of the molecule is CCCCC/C=C/CC/C=C/CC/C=C/C(O)C(COC1OC(CO)C(O)C(O)C1O)NC(=O)CCCCCCCC. The molecule has 6 N–H and O–H groups in total. The van der Waals surface area contributed by atoms with Crippen LogP contribution in [0.25, 0.3) is 0 Å². The molecule has 1 aliphatic rings. The van der Waals surface area contributed by atoms with Crippen LogP contribution in [0, 0.1) is 0 Å². The largest absolute Gasteiger partial charge is 0.394 e. The molecule has 9 nitrogen and oxygen atoms in total. The minimum atomic E-state index is -1.57. The number of hydrogen-bond acceptors (Lipinski definition) is 8. The smallest absolute Gasteiger partial charge is 0.220 e. The fourth-order valence-corrected chi connectivity index (χ4v) is 4.71. The van der Waals surface area contributed by atoms with Gasteiger partial charge in [0.2, 0.25) is 5.91 Å². The van der Waals surface area contributed by atoms with E-state index >= 15 is 0 Å². The van der Waals surface area contributed by atoms with Crippen molar-refractivity contribution in [3.05, 3.63) is 36.5 Å². The predicted molar refractivity (Wildman–Crippen MR) is 166 cm³/mol. The highest BCUT2D eigenvalue weighted by Gasteiger charge is 2.44. The van der Waals surface area contributed by atoms with E-state index in [2.05, 4.69) is 43.5 Å². The van der Waals surface area contributed by atoms with Crippen LogP contribution in [0.1, 0.15) is 110 Å². The second-order valence-electron chi connectivity index (χ2n) is 11.2. The average molecular weight is 598 g/mol. The third-order valence-electron chi connectivity index (χ3n) is 7.45. The summed E-state index contributed by atoms with van der Waals surface area (Å²) < 4.78 is 11.0. The molecule has 0 aromatic heterocycles. The normalized spacial score (nSPS) is 24.6. The lowest BCUT2D eigenvalue weighted by molar-refractivity contribution is -0.302. The summed E-state index contributed by atoms with van der Waals surface area (Å²) in [5, 5.41) is 53.4. The second kappa shape index (κ2) is 24.8. The Balaban J connectivity index is 2.58. The number of amides is 1. The number of carbonyl (C=O) groups is 1. The van der Waals surface area contributed by atoms with Crippen molar-refractivity contribution in [1.29, 1.82) is 0 Å². The summed E-state index contributed by atoms with van der Waals surface area (Å²) in [7, 11) is 0. The Kier molecular flexibility index (Phi) is 22.7. The van der Waals surface area contributed by atoms with Crippen LogP contribution in [0.15, 0.2) is 36.5 Å². The molecular weight excluding hydrogens is 538 g/mol. The molecule has 1 rings (SSSR count). The van der Waals surface area contributed by atoms with Gasteiger partial charge in [0.1, 0.15) is 24.4 Å². The highest BCUT2D eigenvalue weighted by Crippen LogP contribution is 2.22. The molecule has 42 heavy (non-hydrogen) atoms. The predicted octanol–water partition coefficient (Wildman–Crippen LogP) is 4.21. The molecule has 0 aromatic rings. The molecular formula is C33H59NO8. The maximum atomic E-state index is 12.6. The quantitative estimate of drug-likeness (QED) is 0.0716. The Bertz CT molecular complexity index is 756. The molecule has 7 atom stereocenters. The van der Waals surface area contributed by atoms with E-state index in [9.17, 15) is 30.3 Å². The lowest BCUT2D eigenvalue weighted by Crippen LogP contribution is -2.60. The van der Waals surface area contributed by atoms with E-state index in [-0.39, 0.29) is 12.5 Å². The van der Waals surface area contributed by atoms with Crippen molar-refractivity contribution in [3.63, 3.8) is 0 Å². The Morgan fingerprint density at radius 2 is 1.36 bits per heavy atom. The Hall–Kier alpha value is -1.59. The Morgan fingerprint density at radius 3 is 2.00 bits per heavy atom. The third kappa shape index (κ3) is 16.9. The first kappa shape index (κ1) is 38.4. The van der Waals surface area contributed by atoms with Gasteiger partial charge in [0.05, 0.1) is 25.4 Å². The Labute approximate surface area is 253 Å². The number of rotatable bonds is 24. The average Bonchev–Trinajstić information content (AvgIpc) is 2.98. The van der Waals surface area contributed by atoms with Crippen LogP contribution in [0.2, 0.25) is 0 Å². The number of aliphatic hydroxyl groups is 5. The fourth-order valence-electron chi connectivity index (χ4n) is 4.71. The van der Waals surface area contributed by atoms with Crippen LogP contribution in [0.4, 0.5) is 0 Å². The summed E-state index contributed by atoms with van der Waals surface area (Å²) >= 11 is 0. The number of allylic oxidation sites excluding steroid dienone is 5. The molecule has 244 valence electrons. The fraction of sp³-hybridized carbons (Fsp3) is 0.788. The molecule has 1 saturated heterocycles. The number of hydrogen-bond donors (Lipinski definition) is 6. The van der Waals surface area contributed by atoms with Crippen molar-refractivity contribution in [1.82, 2.24) is 5.32 Å². The van der Waals surface area contributed by atoms with Crippen molar-refractivity contribution in [2.45, 2.75) is 153 Å². The van der Waals surface area contributed by atoms with Gasteiger partial charge < -0.3 is 40.3 Å². The molecule has 1 heterocycles. The zero-order chi connectivity index (χ0) is 31.0. The van der Waals surface area contributed by atoms with E-state index in [1.165, 1.54) is 25.7 Å². The van der Waals surface area contributed by atoms with Crippen molar-refractivity contribution in [3.8, 4) is 0 Å². The first-order valence-electron chi connectivity index (χ1n) is 16.2. The summed E-state index contributed by atoms with van der Waals surface area (Å²) in [6, 6.07) is -0.819. The van der Waals surface area contributed by atoms with Gasteiger partial charge in [-0.2, -0.15) is 0 Å². The van der Waals surface area contributed by atoms with E-state index in [1.54, 1.807) is 6.08 Å². The third-order valence-corrected chi connectivity index (χ3v) is 7.45. The van der Waals surface area contributed by atoms with Gasteiger partial charge >= 0.3 is 0 Å². The zero-order valence-electron chi connectivity index (χ0n) is 26.0. The van der Waals surface area contributed by atoms with Crippen LogP contribution in [-0.2, 0) is 14.3 Å². The molecule has 0 bridgehead atoms. The summed E-state index contributed by atoms with van der Waals surface area (Å²) in [5.74, 6) is -0.206. The maximum absolute atomic E-state index is 12.6. The minimum Gasteiger partial charge on any atom is -0.394 e. The minimum absolute atomic E-state index is 0.206. The van der Waals surface area contributed by atoms with Gasteiger partial charge in [-0.05, 0) is 44.9 Å². The summed E-state index contributed by atoms with van der Waals surface area (Å²) in [6.07, 6.45) is 19.3. The molecule has 1 fully saturated rings. The van der Waals surface area contributed by atoms with E-state index in [0.29, 0.717) is 6.42 Å². The first-order chi connectivity index (χ1) is 20.3. The van der Waals surface area contributed by atoms with Crippen LogP contribution in [0.5, 0.6) is 0 Å². The molecule has 0 saturated carbocycles. The van der Waals surface area contributed by atoms with Crippen molar-refractivity contribution >= 4 is 5.91 Å². The van der Waals surface area contributed by atoms with Gasteiger partial charge in [0, 0.05) is 6.42 Å². The monoisotopic (exact) mass is 597 g/mol. The van der Waals surface area contributed by atoms with Crippen LogP contribution in [0.3, 0.4) is 0 Å². The van der Waals surface area contributed by atoms with Crippen LogP contribution >= 0.6 is 0 Å². The van der Waals surface area contributed by atoms with Crippen LogP contribution in [-0.4, -0.2) is 87.5 Å². The number of ether oxygens (including phenoxy) is 2. The molecule has 9 heteroatoms. The zero-order valence-corrected chi connectivity index (χ0v) is 26.0. The highest BCUT2D eigenvalue weighted by molar-refractivity contribution is 5.76. The number of aliphatic hydroxyl groups excluding tert-OH is 5. The standard InChI is InChI=1S/C33H59NO8/c1-3-5-7-9-11-12-13-14-15-16-17-18-20-22-27(36)26(34-29(37)23-21-19-10-8-6-4-2)25-41-33-32(40)31(39)30(38)28(24-35)42-33/h11-12,15-16,20,22,26-28,30-33,35-36,38-40H,3-10,13-14,17-19,21,23-25H2,1-2H3,(H,34,37)/b12-11+,16-15+,22-20+. The van der Waals surface area contributed by atoms with E-state index in [1.807, 2.05) is 6.08 Å². The van der Waals surface area contributed by atoms with Gasteiger partial charge in [-0.1, -0.05) is 95.2 Å². The summed E-state index contributed by atoms with van der Waals surface area (Å²) in [6.45, 7) is 3.59. The second-order valence-corrected chi connectivity index (χ2v) is 11.2. The lowest BCUT2D eigenvalue weighted by Gasteiger charge is -2.40. The van der Waals surface area contributed by atoms with E-state index in [4.69, 9.17) is 9.47 Å². The first-order valence-corrected chi connectivity index (χ1v) is 16.2. The van der Waals surface area contributed by atoms with E-state index < -0.39 is 49.5 Å². The number of nitrogens with one attached hydrogen (secondary N) is 1. The topological polar surface area (TPSA) is 149 Å². The maximum Gasteiger partial charge on any atom is 0.220 e. The van der Waals surface area contributed by atoms with Crippen molar-refractivity contribution in [2.24, 2.45) is 0 Å².